The van der Waals surface area contributed by atoms with E-state index in [0.29, 0.717) is 12.0 Å². The summed E-state index contributed by atoms with van der Waals surface area (Å²) in [6.45, 7) is 7.60. The number of aryl methyl sites for hydroxylation is 1. The van der Waals surface area contributed by atoms with Gasteiger partial charge in [0.15, 0.2) is 0 Å². The number of nitrogens with zero attached hydrogens (tertiary/aromatic N) is 1. The van der Waals surface area contributed by atoms with Crippen LogP contribution in [0.25, 0.3) is 0 Å². The predicted octanol–water partition coefficient (Wildman–Crippen LogP) is 3.55. The van der Waals surface area contributed by atoms with Crippen LogP contribution in [0.4, 0.5) is 5.69 Å². The van der Waals surface area contributed by atoms with Crippen LogP contribution in [0, 0.1) is 16.0 Å². The van der Waals surface area contributed by atoms with Crippen molar-refractivity contribution in [2.24, 2.45) is 5.92 Å². The van der Waals surface area contributed by atoms with Crippen molar-refractivity contribution in [1.29, 1.82) is 0 Å². The number of hydrogen-bond donors (Lipinski definition) is 1. The van der Waals surface area contributed by atoms with Crippen molar-refractivity contribution in [3.63, 3.8) is 0 Å². The van der Waals surface area contributed by atoms with E-state index in [1.807, 2.05) is 6.07 Å². The molecule has 0 heterocycles. The lowest BCUT2D eigenvalue weighted by Crippen LogP contribution is -2.34. The average Bonchev–Trinajstić information content (AvgIpc) is 2.38. The minimum absolute atomic E-state index is 0.181. The third kappa shape index (κ3) is 5.39. The first-order valence-electron chi connectivity index (χ1n) is 7.01. The molecule has 0 spiro atoms. The van der Waals surface area contributed by atoms with Crippen molar-refractivity contribution >= 4 is 5.69 Å². The molecule has 0 amide bonds. The van der Waals surface area contributed by atoms with E-state index in [1.165, 1.54) is 0 Å². The van der Waals surface area contributed by atoms with Gasteiger partial charge in [0.25, 0.3) is 5.69 Å². The first-order valence-corrected chi connectivity index (χ1v) is 7.01. The highest BCUT2D eigenvalue weighted by Crippen LogP contribution is 2.16. The van der Waals surface area contributed by atoms with Crippen LogP contribution < -0.4 is 5.32 Å². The molecule has 4 heteroatoms. The van der Waals surface area contributed by atoms with Gasteiger partial charge in [-0.25, -0.2) is 0 Å². The van der Waals surface area contributed by atoms with E-state index in [-0.39, 0.29) is 10.6 Å². The second-order valence-electron chi connectivity index (χ2n) is 5.27. The van der Waals surface area contributed by atoms with Gasteiger partial charge in [0.05, 0.1) is 4.92 Å². The zero-order valence-electron chi connectivity index (χ0n) is 12.1. The molecule has 0 aliphatic rings. The van der Waals surface area contributed by atoms with Crippen LogP contribution in [0.5, 0.6) is 0 Å². The SMILES string of the molecule is CCCNC(CCc1cccc([N+](=O)[O-])c1)C(C)C. The van der Waals surface area contributed by atoms with Crippen LogP contribution in [-0.2, 0) is 6.42 Å². The summed E-state index contributed by atoms with van der Waals surface area (Å²) >= 11 is 0. The van der Waals surface area contributed by atoms with Gasteiger partial charge < -0.3 is 5.32 Å². The fraction of sp³-hybridized carbons (Fsp3) is 0.600. The van der Waals surface area contributed by atoms with Crippen molar-refractivity contribution in [1.82, 2.24) is 5.32 Å². The predicted molar refractivity (Wildman–Crippen MR) is 78.3 cm³/mol. The Bertz CT molecular complexity index is 405. The fourth-order valence-corrected chi connectivity index (χ4v) is 2.15. The average molecular weight is 264 g/mol. The van der Waals surface area contributed by atoms with Gasteiger partial charge in [0, 0.05) is 18.2 Å². The monoisotopic (exact) mass is 264 g/mol. The minimum Gasteiger partial charge on any atom is -0.314 e. The molecule has 0 bridgehead atoms. The van der Waals surface area contributed by atoms with E-state index in [4.69, 9.17) is 0 Å². The van der Waals surface area contributed by atoms with E-state index in [1.54, 1.807) is 18.2 Å². The normalized spacial score (nSPS) is 12.6. The number of nitro groups is 1. The molecule has 1 N–H and O–H groups in total. The van der Waals surface area contributed by atoms with Gasteiger partial charge in [-0.3, -0.25) is 10.1 Å². The molecule has 106 valence electrons. The van der Waals surface area contributed by atoms with Crippen LogP contribution in [0.15, 0.2) is 24.3 Å². The molecule has 1 unspecified atom stereocenters. The van der Waals surface area contributed by atoms with Gasteiger partial charge in [-0.15, -0.1) is 0 Å². The molecular formula is C15H24N2O2. The molecule has 4 nitrogen and oxygen atoms in total. The highest BCUT2D eigenvalue weighted by atomic mass is 16.6. The molecule has 1 rings (SSSR count). The van der Waals surface area contributed by atoms with Crippen molar-refractivity contribution in [2.45, 2.75) is 46.1 Å². The summed E-state index contributed by atoms with van der Waals surface area (Å²) in [6.07, 6.45) is 3.01. The molecule has 0 saturated heterocycles. The molecule has 0 fully saturated rings. The molecule has 0 radical (unpaired) electrons. The third-order valence-electron chi connectivity index (χ3n) is 3.33. The lowest BCUT2D eigenvalue weighted by molar-refractivity contribution is -0.384. The Labute approximate surface area is 115 Å². The zero-order valence-corrected chi connectivity index (χ0v) is 12.1. The van der Waals surface area contributed by atoms with Crippen molar-refractivity contribution in [2.75, 3.05) is 6.54 Å². The lowest BCUT2D eigenvalue weighted by atomic mass is 9.96. The molecule has 1 aromatic carbocycles. The maximum Gasteiger partial charge on any atom is 0.269 e. The second kappa shape index (κ2) is 7.89. The Hall–Kier alpha value is -1.42. The molecule has 19 heavy (non-hydrogen) atoms. The first kappa shape index (κ1) is 15.6. The standard InChI is InChI=1S/C15H24N2O2/c1-4-10-16-15(12(2)3)9-8-13-6-5-7-14(11-13)17(18)19/h5-7,11-12,15-16H,4,8-10H2,1-3H3. The third-order valence-corrected chi connectivity index (χ3v) is 3.33. The number of benzene rings is 1. The maximum atomic E-state index is 10.7. The van der Waals surface area contributed by atoms with E-state index in [0.717, 1.165) is 31.4 Å². The van der Waals surface area contributed by atoms with Gasteiger partial charge in [-0.05, 0) is 37.3 Å². The summed E-state index contributed by atoms with van der Waals surface area (Å²) in [6, 6.07) is 7.41. The number of hydrogen-bond acceptors (Lipinski definition) is 3. The van der Waals surface area contributed by atoms with Crippen LogP contribution in [0.2, 0.25) is 0 Å². The Morgan fingerprint density at radius 1 is 1.37 bits per heavy atom. The topological polar surface area (TPSA) is 55.2 Å². The Kier molecular flexibility index (Phi) is 6.50. The van der Waals surface area contributed by atoms with Gasteiger partial charge in [-0.1, -0.05) is 32.9 Å². The van der Waals surface area contributed by atoms with Crippen LogP contribution in [-0.4, -0.2) is 17.5 Å². The zero-order chi connectivity index (χ0) is 14.3. The largest absolute Gasteiger partial charge is 0.314 e. The maximum absolute atomic E-state index is 10.7. The Balaban J connectivity index is 2.58. The highest BCUT2D eigenvalue weighted by Gasteiger charge is 2.13. The first-order chi connectivity index (χ1) is 9.04. The Morgan fingerprint density at radius 3 is 2.68 bits per heavy atom. The summed E-state index contributed by atoms with van der Waals surface area (Å²) < 4.78 is 0. The number of nitro benzene ring substituents is 1. The minimum atomic E-state index is -0.335. The number of non-ortho nitro benzene ring substituents is 1. The number of rotatable bonds is 8. The number of nitrogens with one attached hydrogen (secondary N) is 1. The van der Waals surface area contributed by atoms with E-state index >= 15 is 0 Å². The van der Waals surface area contributed by atoms with Crippen LogP contribution in [0.3, 0.4) is 0 Å². The molecule has 1 atom stereocenters. The highest BCUT2D eigenvalue weighted by molar-refractivity contribution is 5.34. The summed E-state index contributed by atoms with van der Waals surface area (Å²) in [7, 11) is 0. The molecule has 0 aliphatic carbocycles. The van der Waals surface area contributed by atoms with Crippen molar-refractivity contribution in [3.8, 4) is 0 Å². The molecule has 1 aromatic rings. The Morgan fingerprint density at radius 2 is 2.11 bits per heavy atom. The summed E-state index contributed by atoms with van der Waals surface area (Å²) in [4.78, 5) is 10.4. The van der Waals surface area contributed by atoms with Gasteiger partial charge in [0.2, 0.25) is 0 Å². The van der Waals surface area contributed by atoms with Gasteiger partial charge in [-0.2, -0.15) is 0 Å². The van der Waals surface area contributed by atoms with E-state index in [2.05, 4.69) is 26.1 Å². The van der Waals surface area contributed by atoms with Crippen molar-refractivity contribution in [3.05, 3.63) is 39.9 Å². The van der Waals surface area contributed by atoms with Crippen molar-refractivity contribution < 1.29 is 4.92 Å². The molecular weight excluding hydrogens is 240 g/mol. The van der Waals surface area contributed by atoms with E-state index < -0.39 is 0 Å². The summed E-state index contributed by atoms with van der Waals surface area (Å²) in [5.41, 5.74) is 1.22. The van der Waals surface area contributed by atoms with Gasteiger partial charge >= 0.3 is 0 Å². The summed E-state index contributed by atoms with van der Waals surface area (Å²) in [5, 5.41) is 14.3. The van der Waals surface area contributed by atoms with Crippen LogP contribution >= 0.6 is 0 Å². The summed E-state index contributed by atoms with van der Waals surface area (Å²) in [5.74, 6) is 0.574. The molecule has 0 aliphatic heterocycles. The second-order valence-corrected chi connectivity index (χ2v) is 5.27. The van der Waals surface area contributed by atoms with E-state index in [9.17, 15) is 10.1 Å². The fourth-order valence-electron chi connectivity index (χ4n) is 2.15. The smallest absolute Gasteiger partial charge is 0.269 e. The van der Waals surface area contributed by atoms with Crippen LogP contribution in [0.1, 0.15) is 39.2 Å². The quantitative estimate of drug-likeness (QED) is 0.577. The molecule has 0 aromatic heterocycles. The lowest BCUT2D eigenvalue weighted by Gasteiger charge is -2.22. The van der Waals surface area contributed by atoms with Gasteiger partial charge in [0.1, 0.15) is 0 Å². The molecule has 0 saturated carbocycles.